The first-order valence-corrected chi connectivity index (χ1v) is 12.8. The van der Waals surface area contributed by atoms with Crippen LogP contribution in [0, 0.1) is 18.3 Å². The standard InChI is InChI=1S/C26H20Cl2N4O2S2/c1-15-18(11-22-25(34)32(26(35)36-22)14-17-8-4-6-10-21(17)28)23(31(2)24(33)19(15)12-29)30-13-16-7-3-5-9-20(16)27/h3-11,30H,13-14H2,1-2H3/b22-11+. The predicted octanol–water partition coefficient (Wildman–Crippen LogP) is 5.89. The number of hydrogen-bond donors (Lipinski definition) is 1. The molecule has 6 nitrogen and oxygen atoms in total. The molecule has 1 fully saturated rings. The third-order valence-electron chi connectivity index (χ3n) is 5.84. The Hall–Kier alpha value is -3.09. The summed E-state index contributed by atoms with van der Waals surface area (Å²) in [5.74, 6) is 0.196. The molecule has 0 atom stereocenters. The van der Waals surface area contributed by atoms with Gasteiger partial charge in [0.25, 0.3) is 11.5 Å². The molecule has 4 rings (SSSR count). The van der Waals surface area contributed by atoms with Gasteiger partial charge in [-0.3, -0.25) is 19.1 Å². The van der Waals surface area contributed by atoms with Gasteiger partial charge in [0.05, 0.1) is 11.4 Å². The average Bonchev–Trinajstić information content (AvgIpc) is 3.12. The third-order valence-corrected chi connectivity index (χ3v) is 7.95. The van der Waals surface area contributed by atoms with Crippen molar-refractivity contribution in [3.05, 3.63) is 102 Å². The van der Waals surface area contributed by atoms with Crippen LogP contribution in [0.25, 0.3) is 6.08 Å². The smallest absolute Gasteiger partial charge is 0.270 e. The Bertz CT molecular complexity index is 1530. The van der Waals surface area contributed by atoms with Crippen LogP contribution >= 0.6 is 47.2 Å². The summed E-state index contributed by atoms with van der Waals surface area (Å²) in [7, 11) is 1.58. The van der Waals surface area contributed by atoms with Gasteiger partial charge in [-0.25, -0.2) is 0 Å². The zero-order chi connectivity index (χ0) is 26.0. The van der Waals surface area contributed by atoms with Crippen molar-refractivity contribution in [3.8, 4) is 6.07 Å². The van der Waals surface area contributed by atoms with E-state index in [9.17, 15) is 14.9 Å². The Morgan fingerprint density at radius 1 is 1.08 bits per heavy atom. The van der Waals surface area contributed by atoms with Crippen molar-refractivity contribution in [2.75, 3.05) is 5.32 Å². The van der Waals surface area contributed by atoms with Gasteiger partial charge >= 0.3 is 0 Å². The fourth-order valence-electron chi connectivity index (χ4n) is 3.83. The van der Waals surface area contributed by atoms with Crippen molar-refractivity contribution in [1.82, 2.24) is 9.47 Å². The number of halogens is 2. The van der Waals surface area contributed by atoms with Gasteiger partial charge < -0.3 is 5.32 Å². The fourth-order valence-corrected chi connectivity index (χ4v) is 5.46. The van der Waals surface area contributed by atoms with Crippen molar-refractivity contribution in [3.63, 3.8) is 0 Å². The highest BCUT2D eigenvalue weighted by atomic mass is 35.5. The molecule has 0 bridgehead atoms. The summed E-state index contributed by atoms with van der Waals surface area (Å²) in [6.45, 7) is 2.28. The number of nitrogens with zero attached hydrogens (tertiary/aromatic N) is 3. The molecule has 0 saturated carbocycles. The van der Waals surface area contributed by atoms with E-state index in [1.807, 2.05) is 42.5 Å². The lowest BCUT2D eigenvalue weighted by Crippen LogP contribution is -2.27. The molecule has 1 saturated heterocycles. The van der Waals surface area contributed by atoms with Crippen LogP contribution in [0.1, 0.15) is 27.8 Å². The van der Waals surface area contributed by atoms with Crippen molar-refractivity contribution in [2.24, 2.45) is 7.05 Å². The number of thioether (sulfide) groups is 1. The van der Waals surface area contributed by atoms with E-state index < -0.39 is 5.56 Å². The van der Waals surface area contributed by atoms with Crippen molar-refractivity contribution < 1.29 is 4.79 Å². The van der Waals surface area contributed by atoms with Gasteiger partial charge in [0.2, 0.25) is 0 Å². The second-order valence-corrected chi connectivity index (χ2v) is 10.5. The number of hydrogen-bond acceptors (Lipinski definition) is 6. The number of anilines is 1. The topological polar surface area (TPSA) is 78.1 Å². The maximum Gasteiger partial charge on any atom is 0.270 e. The van der Waals surface area contributed by atoms with Gasteiger partial charge in [-0.15, -0.1) is 0 Å². The SMILES string of the molecule is Cc1c(/C=C2/SC(=S)N(Cc3ccccc3Cl)C2=O)c(NCc2ccccc2Cl)n(C)c(=O)c1C#N. The summed E-state index contributed by atoms with van der Waals surface area (Å²) in [6, 6.07) is 16.6. The van der Waals surface area contributed by atoms with Crippen molar-refractivity contribution in [2.45, 2.75) is 20.0 Å². The van der Waals surface area contributed by atoms with Crippen LogP contribution in [0.2, 0.25) is 10.0 Å². The zero-order valence-electron chi connectivity index (χ0n) is 19.3. The molecule has 1 amide bonds. The lowest BCUT2D eigenvalue weighted by Gasteiger charge is -2.18. The Morgan fingerprint density at radius 3 is 2.31 bits per heavy atom. The Kier molecular flexibility index (Phi) is 7.86. The van der Waals surface area contributed by atoms with Crippen LogP contribution in [-0.2, 0) is 24.9 Å². The summed E-state index contributed by atoms with van der Waals surface area (Å²) >= 11 is 19.2. The van der Waals surface area contributed by atoms with Gasteiger partial charge in [-0.2, -0.15) is 5.26 Å². The minimum atomic E-state index is -0.430. The summed E-state index contributed by atoms with van der Waals surface area (Å²) in [4.78, 5) is 28.1. The van der Waals surface area contributed by atoms with E-state index in [1.54, 1.807) is 32.2 Å². The molecule has 0 spiro atoms. The normalized spacial score (nSPS) is 14.4. The van der Waals surface area contributed by atoms with E-state index in [2.05, 4.69) is 5.32 Å². The molecular weight excluding hydrogens is 535 g/mol. The molecule has 182 valence electrons. The summed E-state index contributed by atoms with van der Waals surface area (Å²) in [5, 5.41) is 14.0. The van der Waals surface area contributed by atoms with E-state index in [4.69, 9.17) is 35.4 Å². The molecule has 36 heavy (non-hydrogen) atoms. The second kappa shape index (κ2) is 10.9. The van der Waals surface area contributed by atoms with Gasteiger partial charge in [0.15, 0.2) is 0 Å². The zero-order valence-corrected chi connectivity index (χ0v) is 22.5. The minimum absolute atomic E-state index is 0.0126. The first-order chi connectivity index (χ1) is 17.2. The highest BCUT2D eigenvalue weighted by Gasteiger charge is 2.33. The van der Waals surface area contributed by atoms with E-state index in [0.717, 1.165) is 11.1 Å². The van der Waals surface area contributed by atoms with Gasteiger partial charge in [-0.1, -0.05) is 83.6 Å². The summed E-state index contributed by atoms with van der Waals surface area (Å²) in [5.41, 5.74) is 2.23. The van der Waals surface area contributed by atoms with Gasteiger partial charge in [0.1, 0.15) is 21.8 Å². The number of nitriles is 1. The second-order valence-electron chi connectivity index (χ2n) is 8.04. The largest absolute Gasteiger partial charge is 0.367 e. The number of pyridine rings is 1. The van der Waals surface area contributed by atoms with E-state index >= 15 is 0 Å². The quantitative estimate of drug-likeness (QED) is 0.302. The number of thiocarbonyl (C=S) groups is 1. The fraction of sp³-hybridized carbons (Fsp3) is 0.154. The molecule has 3 aromatic rings. The van der Waals surface area contributed by atoms with Crippen LogP contribution in [0.3, 0.4) is 0 Å². The molecule has 0 radical (unpaired) electrons. The molecule has 1 aromatic heterocycles. The molecule has 10 heteroatoms. The molecule has 1 aliphatic heterocycles. The minimum Gasteiger partial charge on any atom is -0.367 e. The first kappa shape index (κ1) is 26.0. The van der Waals surface area contributed by atoms with E-state index in [-0.39, 0.29) is 18.0 Å². The Balaban J connectivity index is 1.74. The number of amides is 1. The van der Waals surface area contributed by atoms with Crippen LogP contribution in [0.15, 0.2) is 58.2 Å². The monoisotopic (exact) mass is 554 g/mol. The third kappa shape index (κ3) is 5.06. The van der Waals surface area contributed by atoms with Gasteiger partial charge in [0, 0.05) is 29.2 Å². The molecular formula is C26H20Cl2N4O2S2. The number of nitrogens with one attached hydrogen (secondary N) is 1. The molecule has 2 aromatic carbocycles. The molecule has 0 aliphatic carbocycles. The van der Waals surface area contributed by atoms with E-state index in [0.29, 0.717) is 42.8 Å². The summed E-state index contributed by atoms with van der Waals surface area (Å²) < 4.78 is 1.78. The van der Waals surface area contributed by atoms with Crippen molar-refractivity contribution in [1.29, 1.82) is 5.26 Å². The average molecular weight is 556 g/mol. The summed E-state index contributed by atoms with van der Waals surface area (Å²) in [6.07, 6.45) is 1.68. The Morgan fingerprint density at radius 2 is 1.69 bits per heavy atom. The van der Waals surface area contributed by atoms with Crippen molar-refractivity contribution >= 4 is 69.3 Å². The molecule has 1 aliphatic rings. The number of rotatable bonds is 6. The van der Waals surface area contributed by atoms with Gasteiger partial charge in [-0.05, 0) is 41.8 Å². The number of benzene rings is 2. The molecule has 2 heterocycles. The lowest BCUT2D eigenvalue weighted by molar-refractivity contribution is -0.122. The maximum absolute atomic E-state index is 13.3. The molecule has 0 unspecified atom stereocenters. The number of aromatic nitrogens is 1. The first-order valence-electron chi connectivity index (χ1n) is 10.8. The van der Waals surface area contributed by atoms with E-state index in [1.165, 1.54) is 21.2 Å². The van der Waals surface area contributed by atoms with Crippen LogP contribution < -0.4 is 10.9 Å². The van der Waals surface area contributed by atoms with Crippen LogP contribution in [0.4, 0.5) is 5.82 Å². The lowest BCUT2D eigenvalue weighted by atomic mass is 10.0. The molecule has 1 N–H and O–H groups in total. The van der Waals surface area contributed by atoms with Crippen LogP contribution in [-0.4, -0.2) is 19.7 Å². The predicted molar refractivity (Wildman–Crippen MR) is 150 cm³/mol. The number of carbonyl (C=O) groups excluding carboxylic acids is 1. The Labute approximate surface area is 228 Å². The highest BCUT2D eigenvalue weighted by molar-refractivity contribution is 8.26. The van der Waals surface area contributed by atoms with Crippen LogP contribution in [0.5, 0.6) is 0 Å². The number of carbonyl (C=O) groups is 1. The highest BCUT2D eigenvalue weighted by Crippen LogP contribution is 2.36. The maximum atomic E-state index is 13.3.